The van der Waals surface area contributed by atoms with Gasteiger partial charge in [-0.15, -0.1) is 0 Å². The van der Waals surface area contributed by atoms with Crippen LogP contribution in [0.3, 0.4) is 0 Å². The van der Waals surface area contributed by atoms with Crippen LogP contribution in [0.1, 0.15) is 27.9 Å². The number of hydrogen-bond acceptors (Lipinski definition) is 2. The van der Waals surface area contributed by atoms with Gasteiger partial charge in [-0.3, -0.25) is 9.59 Å². The number of nitrogens with two attached hydrogens (primary N) is 1. The maximum absolute atomic E-state index is 12.3. The number of carbonyl (C=O) groups excluding carboxylic acids is 2. The van der Waals surface area contributed by atoms with Crippen molar-refractivity contribution < 1.29 is 9.59 Å². The minimum absolute atomic E-state index is 0.0334. The van der Waals surface area contributed by atoms with Gasteiger partial charge in [0.15, 0.2) is 5.78 Å². The van der Waals surface area contributed by atoms with Gasteiger partial charge in [-0.2, -0.15) is 0 Å². The van der Waals surface area contributed by atoms with Crippen molar-refractivity contribution in [3.63, 3.8) is 0 Å². The molecule has 0 saturated heterocycles. The average molecular weight is 332 g/mol. The largest absolute Gasteiger partial charge is 0.370 e. The van der Waals surface area contributed by atoms with Gasteiger partial charge in [0.2, 0.25) is 5.91 Å². The molecule has 3 rings (SSSR count). The van der Waals surface area contributed by atoms with Crippen LogP contribution in [-0.4, -0.2) is 16.3 Å². The van der Waals surface area contributed by atoms with E-state index in [4.69, 9.17) is 5.73 Å². The number of hydrogen-bond donors (Lipinski definition) is 1. The van der Waals surface area contributed by atoms with Crippen molar-refractivity contribution in [2.24, 2.45) is 5.73 Å². The van der Waals surface area contributed by atoms with Gasteiger partial charge in [-0.25, -0.2) is 0 Å². The number of carbonyl (C=O) groups is 2. The summed E-state index contributed by atoms with van der Waals surface area (Å²) in [4.78, 5) is 23.4. The molecule has 0 spiro atoms. The fourth-order valence-electron chi connectivity index (χ4n) is 2.80. The molecule has 4 nitrogen and oxygen atoms in total. The molecule has 0 atom stereocenters. The molecule has 2 N–H and O–H groups in total. The molecular formula is C21H20N2O2. The van der Waals surface area contributed by atoms with Crippen LogP contribution in [0.2, 0.25) is 0 Å². The molecule has 0 unspecified atom stereocenters. The summed E-state index contributed by atoms with van der Waals surface area (Å²) in [6.07, 6.45) is 5.65. The molecule has 25 heavy (non-hydrogen) atoms. The van der Waals surface area contributed by atoms with E-state index in [0.717, 1.165) is 22.0 Å². The number of aryl methyl sites for hydroxylation is 2. The zero-order valence-electron chi connectivity index (χ0n) is 14.1. The molecule has 3 aromatic rings. The van der Waals surface area contributed by atoms with Crippen molar-refractivity contribution in [3.8, 4) is 0 Å². The van der Waals surface area contributed by atoms with E-state index in [2.05, 4.69) is 0 Å². The van der Waals surface area contributed by atoms with Crippen LogP contribution >= 0.6 is 0 Å². The van der Waals surface area contributed by atoms with Crippen LogP contribution in [0.4, 0.5) is 0 Å². The molecule has 0 fully saturated rings. The first-order valence-electron chi connectivity index (χ1n) is 8.20. The fraction of sp³-hybridized carbons (Fsp3) is 0.143. The molecule has 126 valence electrons. The van der Waals surface area contributed by atoms with E-state index in [0.29, 0.717) is 12.1 Å². The van der Waals surface area contributed by atoms with Gasteiger partial charge in [-0.1, -0.05) is 48.0 Å². The Balaban J connectivity index is 1.89. The predicted octanol–water partition coefficient (Wildman–Crippen LogP) is 3.72. The molecule has 0 saturated carbocycles. The third-order valence-corrected chi connectivity index (χ3v) is 4.17. The molecule has 4 heteroatoms. The Bertz CT molecular complexity index is 950. The summed E-state index contributed by atoms with van der Waals surface area (Å²) in [5.74, 6) is -0.363. The van der Waals surface area contributed by atoms with Crippen LogP contribution in [-0.2, 0) is 11.3 Å². The van der Waals surface area contributed by atoms with Crippen molar-refractivity contribution in [1.82, 2.24) is 4.57 Å². The molecule has 0 aliphatic rings. The monoisotopic (exact) mass is 332 g/mol. The Kier molecular flexibility index (Phi) is 4.80. The third-order valence-electron chi connectivity index (χ3n) is 4.17. The molecule has 1 amide bonds. The van der Waals surface area contributed by atoms with Crippen molar-refractivity contribution >= 4 is 28.7 Å². The summed E-state index contributed by atoms with van der Waals surface area (Å²) in [7, 11) is 0. The topological polar surface area (TPSA) is 65.1 Å². The molecular weight excluding hydrogens is 312 g/mol. The molecule has 0 radical (unpaired) electrons. The number of nitrogens with zero attached hydrogens (tertiary/aromatic N) is 1. The van der Waals surface area contributed by atoms with Gasteiger partial charge in [0, 0.05) is 41.2 Å². The van der Waals surface area contributed by atoms with Crippen molar-refractivity contribution in [1.29, 1.82) is 0 Å². The second-order valence-electron chi connectivity index (χ2n) is 6.07. The lowest BCUT2D eigenvalue weighted by Crippen LogP contribution is -2.13. The number of fused-ring (bicyclic) bond motifs is 1. The van der Waals surface area contributed by atoms with E-state index >= 15 is 0 Å². The fourth-order valence-corrected chi connectivity index (χ4v) is 2.80. The van der Waals surface area contributed by atoms with Crippen LogP contribution in [0.25, 0.3) is 17.0 Å². The highest BCUT2D eigenvalue weighted by atomic mass is 16.1. The van der Waals surface area contributed by atoms with E-state index < -0.39 is 0 Å². The normalized spacial score (nSPS) is 11.2. The highest BCUT2D eigenvalue weighted by Gasteiger charge is 2.08. The number of aromatic nitrogens is 1. The third kappa shape index (κ3) is 3.86. The summed E-state index contributed by atoms with van der Waals surface area (Å²) in [6, 6.07) is 15.4. The Morgan fingerprint density at radius 3 is 2.52 bits per heavy atom. The van der Waals surface area contributed by atoms with E-state index in [1.807, 2.05) is 72.3 Å². The van der Waals surface area contributed by atoms with Crippen LogP contribution in [0.5, 0.6) is 0 Å². The van der Waals surface area contributed by atoms with Gasteiger partial charge < -0.3 is 10.3 Å². The smallest absolute Gasteiger partial charge is 0.219 e. The first-order chi connectivity index (χ1) is 12.0. The lowest BCUT2D eigenvalue weighted by atomic mass is 10.1. The number of allylic oxidation sites excluding steroid dienone is 1. The Hall–Kier alpha value is -3.14. The Labute approximate surface area is 146 Å². The van der Waals surface area contributed by atoms with Gasteiger partial charge in [0.05, 0.1) is 0 Å². The average Bonchev–Trinajstić information content (AvgIpc) is 2.96. The van der Waals surface area contributed by atoms with E-state index in [9.17, 15) is 9.59 Å². The van der Waals surface area contributed by atoms with Crippen molar-refractivity contribution in [2.45, 2.75) is 19.9 Å². The van der Waals surface area contributed by atoms with E-state index in [1.54, 1.807) is 6.08 Å². The first kappa shape index (κ1) is 16.7. The Morgan fingerprint density at radius 1 is 1.08 bits per heavy atom. The maximum atomic E-state index is 12.3. The first-order valence-corrected chi connectivity index (χ1v) is 8.20. The van der Waals surface area contributed by atoms with Gasteiger partial charge in [0.1, 0.15) is 0 Å². The molecule has 2 aromatic carbocycles. The standard InChI is InChI=1S/C21H20N2O2/c1-15-6-8-16(9-7-15)20(24)11-10-17-14-23(13-12-21(22)25)19-5-3-2-4-18(17)19/h2-11,14H,12-13H2,1H3,(H2,22,25)/b11-10+. The summed E-state index contributed by atoms with van der Waals surface area (Å²) < 4.78 is 2.00. The minimum atomic E-state index is -0.329. The SMILES string of the molecule is Cc1ccc(C(=O)/C=C/c2cn(CCC(N)=O)c3ccccc23)cc1. The van der Waals surface area contributed by atoms with Crippen LogP contribution in [0, 0.1) is 6.92 Å². The molecule has 0 aliphatic heterocycles. The van der Waals surface area contributed by atoms with E-state index in [-0.39, 0.29) is 18.1 Å². The number of para-hydroxylation sites is 1. The molecule has 0 aliphatic carbocycles. The molecule has 1 aromatic heterocycles. The predicted molar refractivity (Wildman–Crippen MR) is 100 cm³/mol. The van der Waals surface area contributed by atoms with Gasteiger partial charge in [-0.05, 0) is 25.1 Å². The maximum Gasteiger partial charge on any atom is 0.219 e. The number of primary amides is 1. The molecule has 1 heterocycles. The zero-order valence-corrected chi connectivity index (χ0v) is 14.1. The van der Waals surface area contributed by atoms with Gasteiger partial charge >= 0.3 is 0 Å². The summed E-state index contributed by atoms with van der Waals surface area (Å²) >= 11 is 0. The summed E-state index contributed by atoms with van der Waals surface area (Å²) in [5, 5.41) is 1.04. The Morgan fingerprint density at radius 2 is 1.80 bits per heavy atom. The number of amides is 1. The quantitative estimate of drug-likeness (QED) is 0.552. The molecule has 0 bridgehead atoms. The summed E-state index contributed by atoms with van der Waals surface area (Å²) in [5.41, 5.74) is 9.01. The highest BCUT2D eigenvalue weighted by Crippen LogP contribution is 2.23. The van der Waals surface area contributed by atoms with Crippen molar-refractivity contribution in [3.05, 3.63) is 77.5 Å². The number of ketones is 1. The minimum Gasteiger partial charge on any atom is -0.370 e. The zero-order chi connectivity index (χ0) is 17.8. The summed E-state index contributed by atoms with van der Waals surface area (Å²) in [6.45, 7) is 2.51. The van der Waals surface area contributed by atoms with E-state index in [1.165, 1.54) is 0 Å². The second-order valence-corrected chi connectivity index (χ2v) is 6.07. The highest BCUT2D eigenvalue weighted by molar-refractivity contribution is 6.07. The van der Waals surface area contributed by atoms with Crippen LogP contribution < -0.4 is 5.73 Å². The van der Waals surface area contributed by atoms with Gasteiger partial charge in [0.25, 0.3) is 0 Å². The number of rotatable bonds is 6. The van der Waals surface area contributed by atoms with Crippen molar-refractivity contribution in [2.75, 3.05) is 0 Å². The lowest BCUT2D eigenvalue weighted by Gasteiger charge is -2.02. The van der Waals surface area contributed by atoms with Crippen LogP contribution in [0.15, 0.2) is 60.8 Å². The number of benzene rings is 2. The lowest BCUT2D eigenvalue weighted by molar-refractivity contribution is -0.118. The second kappa shape index (κ2) is 7.18.